The Labute approximate surface area is 96.1 Å². The summed E-state index contributed by atoms with van der Waals surface area (Å²) in [5.74, 6) is 0. The molecule has 0 spiro atoms. The molecule has 0 aliphatic carbocycles. The van der Waals surface area contributed by atoms with Gasteiger partial charge in [0.25, 0.3) is 0 Å². The fraction of sp³-hybridized carbons (Fsp3) is 0.667. The van der Waals surface area contributed by atoms with E-state index >= 15 is 0 Å². The van der Waals surface area contributed by atoms with Crippen molar-refractivity contribution in [2.24, 2.45) is 5.73 Å². The molecule has 0 aromatic carbocycles. The van der Waals surface area contributed by atoms with Crippen LogP contribution < -0.4 is 5.73 Å². The average molecular weight is 224 g/mol. The SMILES string of the molecule is CC1CCCCN1C(CN)c1cccs1. The van der Waals surface area contributed by atoms with Crippen LogP contribution in [0.3, 0.4) is 0 Å². The van der Waals surface area contributed by atoms with E-state index in [1.807, 2.05) is 11.3 Å². The van der Waals surface area contributed by atoms with Crippen LogP contribution >= 0.6 is 11.3 Å². The van der Waals surface area contributed by atoms with Crippen molar-refractivity contribution in [3.8, 4) is 0 Å². The van der Waals surface area contributed by atoms with Gasteiger partial charge < -0.3 is 5.73 Å². The Morgan fingerprint density at radius 2 is 2.47 bits per heavy atom. The standard InChI is InChI=1S/C12H20N2S/c1-10-5-2-3-7-14(10)11(9-13)12-6-4-8-15-12/h4,6,8,10-11H,2-3,5,7,9,13H2,1H3. The quantitative estimate of drug-likeness (QED) is 0.855. The fourth-order valence-electron chi connectivity index (χ4n) is 2.48. The predicted octanol–water partition coefficient (Wildman–Crippen LogP) is 2.62. The minimum atomic E-state index is 0.445. The number of rotatable bonds is 3. The molecule has 2 heterocycles. The predicted molar refractivity (Wildman–Crippen MR) is 66.1 cm³/mol. The lowest BCUT2D eigenvalue weighted by molar-refractivity contribution is 0.111. The van der Waals surface area contributed by atoms with E-state index in [0.29, 0.717) is 12.1 Å². The Hall–Kier alpha value is -0.380. The summed E-state index contributed by atoms with van der Waals surface area (Å²) in [6.07, 6.45) is 4.02. The van der Waals surface area contributed by atoms with Crippen LogP contribution in [0.5, 0.6) is 0 Å². The van der Waals surface area contributed by atoms with Crippen molar-refractivity contribution in [2.45, 2.75) is 38.3 Å². The van der Waals surface area contributed by atoms with Gasteiger partial charge in [-0.3, -0.25) is 4.90 Å². The molecule has 84 valence electrons. The molecule has 0 saturated carbocycles. The molecule has 2 atom stereocenters. The Morgan fingerprint density at radius 1 is 1.60 bits per heavy atom. The van der Waals surface area contributed by atoms with Gasteiger partial charge in [0, 0.05) is 17.5 Å². The normalized spacial score (nSPS) is 25.3. The second kappa shape index (κ2) is 5.10. The highest BCUT2D eigenvalue weighted by Crippen LogP contribution is 2.30. The summed E-state index contributed by atoms with van der Waals surface area (Å²) < 4.78 is 0. The molecule has 1 aromatic rings. The Bertz CT molecular complexity index is 284. The highest BCUT2D eigenvalue weighted by molar-refractivity contribution is 7.10. The van der Waals surface area contributed by atoms with Gasteiger partial charge in [-0.25, -0.2) is 0 Å². The molecular weight excluding hydrogens is 204 g/mol. The summed E-state index contributed by atoms with van der Waals surface area (Å²) in [6, 6.07) is 5.47. The lowest BCUT2D eigenvalue weighted by atomic mass is 10.0. The Balaban J connectivity index is 2.11. The fourth-order valence-corrected chi connectivity index (χ4v) is 3.34. The summed E-state index contributed by atoms with van der Waals surface area (Å²) in [7, 11) is 0. The molecule has 0 bridgehead atoms. The van der Waals surface area contributed by atoms with Crippen LogP contribution in [0.25, 0.3) is 0 Å². The van der Waals surface area contributed by atoms with E-state index in [1.54, 1.807) is 0 Å². The van der Waals surface area contributed by atoms with Gasteiger partial charge >= 0.3 is 0 Å². The van der Waals surface area contributed by atoms with E-state index in [2.05, 4.69) is 29.3 Å². The van der Waals surface area contributed by atoms with Gasteiger partial charge in [0.05, 0.1) is 6.04 Å². The molecule has 15 heavy (non-hydrogen) atoms. The maximum absolute atomic E-state index is 5.92. The Kier molecular flexibility index (Phi) is 3.78. The van der Waals surface area contributed by atoms with Crippen molar-refractivity contribution in [3.05, 3.63) is 22.4 Å². The first-order chi connectivity index (χ1) is 7.33. The molecule has 0 amide bonds. The first-order valence-corrected chi connectivity index (χ1v) is 6.70. The molecular formula is C12H20N2S. The number of nitrogens with zero attached hydrogens (tertiary/aromatic N) is 1. The third-order valence-electron chi connectivity index (χ3n) is 3.35. The van der Waals surface area contributed by atoms with Crippen molar-refractivity contribution < 1.29 is 0 Å². The maximum Gasteiger partial charge on any atom is 0.0566 e. The third kappa shape index (κ3) is 2.41. The van der Waals surface area contributed by atoms with Crippen LogP contribution in [-0.2, 0) is 0 Å². The van der Waals surface area contributed by atoms with Gasteiger partial charge in [-0.05, 0) is 37.8 Å². The van der Waals surface area contributed by atoms with Crippen molar-refractivity contribution in [1.29, 1.82) is 0 Å². The van der Waals surface area contributed by atoms with Gasteiger partial charge in [-0.15, -0.1) is 11.3 Å². The van der Waals surface area contributed by atoms with Crippen LogP contribution in [0.2, 0.25) is 0 Å². The number of thiophene rings is 1. The van der Waals surface area contributed by atoms with Gasteiger partial charge in [-0.2, -0.15) is 0 Å². The summed E-state index contributed by atoms with van der Waals surface area (Å²) in [5.41, 5.74) is 5.92. The summed E-state index contributed by atoms with van der Waals surface area (Å²) in [6.45, 7) is 4.28. The molecule has 1 saturated heterocycles. The second-order valence-corrected chi connectivity index (χ2v) is 5.33. The number of hydrogen-bond donors (Lipinski definition) is 1. The molecule has 2 rings (SSSR count). The van der Waals surface area contributed by atoms with E-state index in [0.717, 1.165) is 6.54 Å². The lowest BCUT2D eigenvalue weighted by Crippen LogP contribution is -2.42. The van der Waals surface area contributed by atoms with E-state index in [9.17, 15) is 0 Å². The summed E-state index contributed by atoms with van der Waals surface area (Å²) in [5, 5.41) is 2.15. The van der Waals surface area contributed by atoms with Crippen molar-refractivity contribution in [2.75, 3.05) is 13.1 Å². The monoisotopic (exact) mass is 224 g/mol. The van der Waals surface area contributed by atoms with Crippen molar-refractivity contribution >= 4 is 11.3 Å². The lowest BCUT2D eigenvalue weighted by Gasteiger charge is -2.38. The van der Waals surface area contributed by atoms with Crippen LogP contribution in [0.15, 0.2) is 17.5 Å². The minimum Gasteiger partial charge on any atom is -0.329 e. The molecule has 1 aromatic heterocycles. The Morgan fingerprint density at radius 3 is 3.07 bits per heavy atom. The van der Waals surface area contributed by atoms with Gasteiger partial charge in [0.2, 0.25) is 0 Å². The smallest absolute Gasteiger partial charge is 0.0566 e. The summed E-state index contributed by atoms with van der Waals surface area (Å²) >= 11 is 1.83. The molecule has 2 nitrogen and oxygen atoms in total. The molecule has 1 aliphatic rings. The average Bonchev–Trinajstić information content (AvgIpc) is 2.75. The maximum atomic E-state index is 5.92. The molecule has 3 heteroatoms. The van der Waals surface area contributed by atoms with Crippen LogP contribution in [-0.4, -0.2) is 24.0 Å². The zero-order valence-electron chi connectivity index (χ0n) is 9.36. The van der Waals surface area contributed by atoms with E-state index in [4.69, 9.17) is 5.73 Å². The number of piperidine rings is 1. The molecule has 1 fully saturated rings. The van der Waals surface area contributed by atoms with E-state index in [-0.39, 0.29) is 0 Å². The second-order valence-electron chi connectivity index (χ2n) is 4.35. The third-order valence-corrected chi connectivity index (χ3v) is 4.32. The topological polar surface area (TPSA) is 29.3 Å². The van der Waals surface area contributed by atoms with Crippen LogP contribution in [0, 0.1) is 0 Å². The molecule has 2 unspecified atom stereocenters. The van der Waals surface area contributed by atoms with Crippen molar-refractivity contribution in [1.82, 2.24) is 4.90 Å². The highest BCUT2D eigenvalue weighted by atomic mass is 32.1. The van der Waals surface area contributed by atoms with E-state index < -0.39 is 0 Å². The molecule has 0 radical (unpaired) electrons. The van der Waals surface area contributed by atoms with Crippen LogP contribution in [0.1, 0.15) is 37.1 Å². The largest absolute Gasteiger partial charge is 0.329 e. The number of likely N-dealkylation sites (tertiary alicyclic amines) is 1. The van der Waals surface area contributed by atoms with Gasteiger partial charge in [0.15, 0.2) is 0 Å². The molecule has 2 N–H and O–H groups in total. The summed E-state index contributed by atoms with van der Waals surface area (Å²) in [4.78, 5) is 4.00. The van der Waals surface area contributed by atoms with Gasteiger partial charge in [-0.1, -0.05) is 12.5 Å². The number of nitrogens with two attached hydrogens (primary N) is 1. The zero-order valence-corrected chi connectivity index (χ0v) is 10.2. The van der Waals surface area contributed by atoms with E-state index in [1.165, 1.54) is 30.7 Å². The first-order valence-electron chi connectivity index (χ1n) is 5.82. The first kappa shape index (κ1) is 11.1. The minimum absolute atomic E-state index is 0.445. The number of hydrogen-bond acceptors (Lipinski definition) is 3. The van der Waals surface area contributed by atoms with Crippen LogP contribution in [0.4, 0.5) is 0 Å². The zero-order chi connectivity index (χ0) is 10.7. The van der Waals surface area contributed by atoms with Gasteiger partial charge in [0.1, 0.15) is 0 Å². The highest BCUT2D eigenvalue weighted by Gasteiger charge is 2.26. The van der Waals surface area contributed by atoms with Crippen molar-refractivity contribution in [3.63, 3.8) is 0 Å². The molecule has 1 aliphatic heterocycles.